The standard InChI is InChI=1S/C14H9N3O/c18-14-16-15-13-12-8-10-4-2-1-3-9(10)7-11(12)5-6-17(13)14/h1-8H,(H,16,18). The summed E-state index contributed by atoms with van der Waals surface area (Å²) in [4.78, 5) is 11.5. The Morgan fingerprint density at radius 3 is 2.61 bits per heavy atom. The minimum Gasteiger partial charge on any atom is -0.250 e. The molecule has 86 valence electrons. The first-order valence-corrected chi connectivity index (χ1v) is 5.71. The minimum absolute atomic E-state index is 0.208. The Kier molecular flexibility index (Phi) is 1.67. The van der Waals surface area contributed by atoms with Crippen LogP contribution in [0.4, 0.5) is 0 Å². The number of benzene rings is 2. The number of nitrogens with one attached hydrogen (secondary N) is 1. The molecule has 0 atom stereocenters. The van der Waals surface area contributed by atoms with Gasteiger partial charge in [0.1, 0.15) is 0 Å². The lowest BCUT2D eigenvalue weighted by Gasteiger charge is -2.02. The third kappa shape index (κ3) is 1.14. The summed E-state index contributed by atoms with van der Waals surface area (Å²) in [5.41, 5.74) is 0.461. The molecule has 18 heavy (non-hydrogen) atoms. The van der Waals surface area contributed by atoms with Gasteiger partial charge in [-0.3, -0.25) is 0 Å². The quantitative estimate of drug-likeness (QED) is 0.475. The maximum absolute atomic E-state index is 11.5. The average molecular weight is 235 g/mol. The Morgan fingerprint density at radius 2 is 1.78 bits per heavy atom. The van der Waals surface area contributed by atoms with Gasteiger partial charge in [0.2, 0.25) is 0 Å². The molecule has 0 bridgehead atoms. The molecule has 4 aromatic rings. The number of fused-ring (bicyclic) bond motifs is 4. The molecule has 0 aliphatic rings. The summed E-state index contributed by atoms with van der Waals surface area (Å²) in [5, 5.41) is 11.0. The summed E-state index contributed by atoms with van der Waals surface area (Å²) in [6, 6.07) is 14.3. The molecule has 0 saturated heterocycles. The Morgan fingerprint density at radius 1 is 1.00 bits per heavy atom. The van der Waals surface area contributed by atoms with Gasteiger partial charge in [-0.15, -0.1) is 0 Å². The largest absolute Gasteiger partial charge is 0.347 e. The predicted octanol–water partition coefficient (Wildman–Crippen LogP) is 2.33. The topological polar surface area (TPSA) is 50.2 Å². The van der Waals surface area contributed by atoms with Crippen molar-refractivity contribution in [2.45, 2.75) is 0 Å². The van der Waals surface area contributed by atoms with E-state index in [-0.39, 0.29) is 5.69 Å². The highest BCUT2D eigenvalue weighted by Crippen LogP contribution is 2.24. The van der Waals surface area contributed by atoms with Crippen LogP contribution in [0.3, 0.4) is 0 Å². The lowest BCUT2D eigenvalue weighted by Crippen LogP contribution is -2.08. The van der Waals surface area contributed by atoms with Gasteiger partial charge in [-0.25, -0.2) is 14.3 Å². The first-order chi connectivity index (χ1) is 8.83. The van der Waals surface area contributed by atoms with E-state index in [1.165, 1.54) is 9.79 Å². The van der Waals surface area contributed by atoms with E-state index < -0.39 is 0 Å². The molecule has 2 heterocycles. The third-order valence-electron chi connectivity index (χ3n) is 3.27. The van der Waals surface area contributed by atoms with Crippen LogP contribution in [-0.4, -0.2) is 14.6 Å². The fourth-order valence-corrected chi connectivity index (χ4v) is 2.38. The molecule has 0 radical (unpaired) electrons. The van der Waals surface area contributed by atoms with Gasteiger partial charge < -0.3 is 0 Å². The molecule has 0 amide bonds. The first-order valence-electron chi connectivity index (χ1n) is 5.71. The summed E-state index contributed by atoms with van der Waals surface area (Å²) in [5.74, 6) is 0. The van der Waals surface area contributed by atoms with E-state index in [9.17, 15) is 4.79 Å². The van der Waals surface area contributed by atoms with Crippen molar-refractivity contribution < 1.29 is 0 Å². The van der Waals surface area contributed by atoms with Crippen molar-refractivity contribution in [3.8, 4) is 0 Å². The molecule has 0 unspecified atom stereocenters. The van der Waals surface area contributed by atoms with Crippen LogP contribution in [-0.2, 0) is 0 Å². The zero-order valence-electron chi connectivity index (χ0n) is 9.42. The second-order valence-corrected chi connectivity index (χ2v) is 4.32. The summed E-state index contributed by atoms with van der Waals surface area (Å²) >= 11 is 0. The zero-order chi connectivity index (χ0) is 12.1. The van der Waals surface area contributed by atoms with Crippen LogP contribution < -0.4 is 5.69 Å². The van der Waals surface area contributed by atoms with E-state index in [0.717, 1.165) is 16.2 Å². The molecule has 0 saturated carbocycles. The first kappa shape index (κ1) is 9.41. The monoisotopic (exact) mass is 235 g/mol. The molecular formula is C14H9N3O. The van der Waals surface area contributed by atoms with Crippen molar-refractivity contribution in [1.29, 1.82) is 0 Å². The normalized spacial score (nSPS) is 11.6. The maximum atomic E-state index is 11.5. The van der Waals surface area contributed by atoms with Crippen LogP contribution in [0.15, 0.2) is 53.5 Å². The fourth-order valence-electron chi connectivity index (χ4n) is 2.38. The van der Waals surface area contributed by atoms with Crippen LogP contribution in [0.2, 0.25) is 0 Å². The van der Waals surface area contributed by atoms with Gasteiger partial charge in [0, 0.05) is 11.6 Å². The molecule has 0 spiro atoms. The number of rotatable bonds is 0. The second kappa shape index (κ2) is 3.20. The lowest BCUT2D eigenvalue weighted by atomic mass is 10.1. The maximum Gasteiger partial charge on any atom is 0.347 e. The fraction of sp³-hybridized carbons (Fsp3) is 0. The van der Waals surface area contributed by atoms with Gasteiger partial charge in [0.15, 0.2) is 5.65 Å². The number of hydrogen-bond acceptors (Lipinski definition) is 2. The van der Waals surface area contributed by atoms with Gasteiger partial charge in [-0.1, -0.05) is 24.3 Å². The van der Waals surface area contributed by atoms with E-state index in [1.54, 1.807) is 6.20 Å². The van der Waals surface area contributed by atoms with Crippen molar-refractivity contribution in [1.82, 2.24) is 14.6 Å². The van der Waals surface area contributed by atoms with Gasteiger partial charge >= 0.3 is 5.69 Å². The average Bonchev–Trinajstić information content (AvgIpc) is 2.78. The van der Waals surface area contributed by atoms with Gasteiger partial charge in [0.05, 0.1) is 0 Å². The SMILES string of the molecule is O=c1[nH]nc2c3cc4ccccc4cc3ccn12. The van der Waals surface area contributed by atoms with Gasteiger partial charge in [0.25, 0.3) is 0 Å². The number of nitrogens with zero attached hydrogens (tertiary/aromatic N) is 2. The van der Waals surface area contributed by atoms with E-state index in [2.05, 4.69) is 34.5 Å². The highest BCUT2D eigenvalue weighted by atomic mass is 16.1. The Balaban J connectivity index is 2.30. The van der Waals surface area contributed by atoms with Crippen LogP contribution in [0, 0.1) is 0 Å². The van der Waals surface area contributed by atoms with E-state index in [1.807, 2.05) is 18.2 Å². The summed E-state index contributed by atoms with van der Waals surface area (Å²) in [7, 11) is 0. The van der Waals surface area contributed by atoms with Crippen molar-refractivity contribution >= 4 is 27.2 Å². The molecule has 4 rings (SSSR count). The highest BCUT2D eigenvalue weighted by molar-refractivity contribution is 6.03. The van der Waals surface area contributed by atoms with Crippen molar-refractivity contribution in [2.75, 3.05) is 0 Å². The molecule has 4 heteroatoms. The van der Waals surface area contributed by atoms with E-state index in [4.69, 9.17) is 0 Å². The van der Waals surface area contributed by atoms with Crippen LogP contribution in [0.5, 0.6) is 0 Å². The lowest BCUT2D eigenvalue weighted by molar-refractivity contribution is 1.02. The molecule has 4 nitrogen and oxygen atoms in total. The molecule has 1 N–H and O–H groups in total. The van der Waals surface area contributed by atoms with E-state index in [0.29, 0.717) is 5.65 Å². The Hall–Kier alpha value is -2.62. The van der Waals surface area contributed by atoms with Gasteiger partial charge in [-0.05, 0) is 34.4 Å². The smallest absolute Gasteiger partial charge is 0.250 e. The minimum atomic E-state index is -0.208. The number of hydrogen-bond donors (Lipinski definition) is 1. The second-order valence-electron chi connectivity index (χ2n) is 4.32. The predicted molar refractivity (Wildman–Crippen MR) is 70.8 cm³/mol. The van der Waals surface area contributed by atoms with E-state index >= 15 is 0 Å². The van der Waals surface area contributed by atoms with Crippen molar-refractivity contribution in [2.24, 2.45) is 0 Å². The zero-order valence-corrected chi connectivity index (χ0v) is 9.42. The Bertz CT molecular complexity index is 949. The van der Waals surface area contributed by atoms with Crippen molar-refractivity contribution in [3.63, 3.8) is 0 Å². The molecular weight excluding hydrogens is 226 g/mol. The summed E-state index contributed by atoms with van der Waals surface area (Å²) in [6.45, 7) is 0. The Labute approximate surface area is 101 Å². The molecule has 2 aromatic heterocycles. The number of pyridine rings is 1. The van der Waals surface area contributed by atoms with Crippen molar-refractivity contribution in [3.05, 3.63) is 59.1 Å². The molecule has 0 fully saturated rings. The highest BCUT2D eigenvalue weighted by Gasteiger charge is 2.05. The molecule has 0 aliphatic heterocycles. The summed E-state index contributed by atoms with van der Waals surface area (Å²) in [6.07, 6.45) is 1.75. The number of aromatic amines is 1. The number of H-pyrrole nitrogens is 1. The molecule has 0 aliphatic carbocycles. The molecule has 2 aromatic carbocycles. The van der Waals surface area contributed by atoms with Crippen LogP contribution in [0.25, 0.3) is 27.2 Å². The summed E-state index contributed by atoms with van der Waals surface area (Å²) < 4.78 is 1.52. The van der Waals surface area contributed by atoms with Gasteiger partial charge in [-0.2, -0.15) is 5.10 Å². The number of aromatic nitrogens is 3. The van der Waals surface area contributed by atoms with Crippen LogP contribution in [0.1, 0.15) is 0 Å². The van der Waals surface area contributed by atoms with Crippen LogP contribution >= 0.6 is 0 Å². The third-order valence-corrected chi connectivity index (χ3v) is 3.27.